The molecule has 21 heavy (non-hydrogen) atoms. The predicted octanol–water partition coefficient (Wildman–Crippen LogP) is 2.85. The van der Waals surface area contributed by atoms with Crippen LogP contribution in [-0.2, 0) is 11.3 Å². The summed E-state index contributed by atoms with van der Waals surface area (Å²) in [6.45, 7) is 3.76. The van der Waals surface area contributed by atoms with E-state index in [1.165, 1.54) is 18.4 Å². The van der Waals surface area contributed by atoms with Crippen molar-refractivity contribution in [2.75, 3.05) is 31.7 Å². The molecule has 5 heteroatoms. The predicted molar refractivity (Wildman–Crippen MR) is 85.9 cm³/mol. The fraction of sp³-hybridized carbons (Fsp3) is 0.688. The molecule has 2 heterocycles. The van der Waals surface area contributed by atoms with Crippen LogP contribution in [0, 0.1) is 5.92 Å². The third-order valence-corrected chi connectivity index (χ3v) is 4.65. The number of ether oxygens (including phenoxy) is 1. The van der Waals surface area contributed by atoms with E-state index in [1.807, 2.05) is 6.20 Å². The van der Waals surface area contributed by atoms with E-state index in [2.05, 4.69) is 21.3 Å². The van der Waals surface area contributed by atoms with Gasteiger partial charge in [-0.1, -0.05) is 11.6 Å². The van der Waals surface area contributed by atoms with Gasteiger partial charge in [0.25, 0.3) is 0 Å². The molecular weight excluding hydrogens is 286 g/mol. The summed E-state index contributed by atoms with van der Waals surface area (Å²) in [5.74, 6) is 1.61. The van der Waals surface area contributed by atoms with Gasteiger partial charge in [0.15, 0.2) is 0 Å². The number of pyridine rings is 1. The third-order valence-electron chi connectivity index (χ3n) is 4.37. The lowest BCUT2D eigenvalue weighted by Gasteiger charge is -2.33. The first-order valence-electron chi connectivity index (χ1n) is 7.88. The van der Waals surface area contributed by atoms with Gasteiger partial charge in [-0.05, 0) is 43.2 Å². The Bertz CT molecular complexity index is 471. The van der Waals surface area contributed by atoms with Gasteiger partial charge in [0.1, 0.15) is 5.82 Å². The molecule has 1 aromatic rings. The largest absolute Gasteiger partial charge is 0.384 e. The zero-order chi connectivity index (χ0) is 14.7. The highest BCUT2D eigenvalue weighted by molar-refractivity contribution is 6.33. The number of nitrogens with zero attached hydrogens (tertiary/aromatic N) is 2. The van der Waals surface area contributed by atoms with Gasteiger partial charge in [0.05, 0.1) is 5.02 Å². The van der Waals surface area contributed by atoms with Crippen molar-refractivity contribution in [3.63, 3.8) is 0 Å². The maximum absolute atomic E-state index is 6.43. The number of aromatic nitrogens is 1. The summed E-state index contributed by atoms with van der Waals surface area (Å²) in [5, 5.41) is 4.27. The standard InChI is InChI=1S/C16H24ClN3O/c1-21-11-12-4-6-20(7-5-12)16-15(17)8-13(10-19-16)9-18-14-2-3-14/h8,10,12,14,18H,2-7,9,11H2,1H3. The van der Waals surface area contributed by atoms with Crippen LogP contribution in [-0.4, -0.2) is 37.8 Å². The van der Waals surface area contributed by atoms with Gasteiger partial charge >= 0.3 is 0 Å². The molecule has 1 aliphatic carbocycles. The molecule has 0 unspecified atom stereocenters. The lowest BCUT2D eigenvalue weighted by atomic mass is 9.98. The van der Waals surface area contributed by atoms with Crippen LogP contribution in [0.3, 0.4) is 0 Å². The van der Waals surface area contributed by atoms with E-state index in [4.69, 9.17) is 16.3 Å². The molecular formula is C16H24ClN3O. The highest BCUT2D eigenvalue weighted by Gasteiger charge is 2.22. The first-order chi connectivity index (χ1) is 10.3. The topological polar surface area (TPSA) is 37.4 Å². The number of hydrogen-bond acceptors (Lipinski definition) is 4. The molecule has 2 aliphatic rings. The number of hydrogen-bond donors (Lipinski definition) is 1. The van der Waals surface area contributed by atoms with Crippen LogP contribution in [0.2, 0.25) is 5.02 Å². The zero-order valence-electron chi connectivity index (χ0n) is 12.6. The Balaban J connectivity index is 1.57. The molecule has 1 saturated carbocycles. The molecule has 2 fully saturated rings. The van der Waals surface area contributed by atoms with Gasteiger partial charge in [-0.25, -0.2) is 4.98 Å². The van der Waals surface area contributed by atoms with Gasteiger partial charge in [0.2, 0.25) is 0 Å². The molecule has 116 valence electrons. The SMILES string of the molecule is COCC1CCN(c2ncc(CNC3CC3)cc2Cl)CC1. The molecule has 1 aliphatic heterocycles. The van der Waals surface area contributed by atoms with Crippen LogP contribution in [0.5, 0.6) is 0 Å². The van der Waals surface area contributed by atoms with Crippen molar-refractivity contribution in [3.8, 4) is 0 Å². The third kappa shape index (κ3) is 4.09. The minimum atomic E-state index is 0.673. The minimum Gasteiger partial charge on any atom is -0.384 e. The van der Waals surface area contributed by atoms with Crippen molar-refractivity contribution in [1.29, 1.82) is 0 Å². The van der Waals surface area contributed by atoms with Crippen molar-refractivity contribution in [3.05, 3.63) is 22.8 Å². The highest BCUT2D eigenvalue weighted by Crippen LogP contribution is 2.28. The maximum Gasteiger partial charge on any atom is 0.147 e. The van der Waals surface area contributed by atoms with Gasteiger partial charge < -0.3 is 15.0 Å². The number of methoxy groups -OCH3 is 1. The van der Waals surface area contributed by atoms with E-state index in [9.17, 15) is 0 Å². The van der Waals surface area contributed by atoms with Crippen LogP contribution in [0.1, 0.15) is 31.2 Å². The van der Waals surface area contributed by atoms with Gasteiger partial charge in [-0.3, -0.25) is 0 Å². The summed E-state index contributed by atoms with van der Waals surface area (Å²) in [6.07, 6.45) is 6.86. The van der Waals surface area contributed by atoms with Crippen molar-refractivity contribution in [2.24, 2.45) is 5.92 Å². The minimum absolute atomic E-state index is 0.673. The molecule has 4 nitrogen and oxygen atoms in total. The van der Waals surface area contributed by atoms with Gasteiger partial charge in [-0.15, -0.1) is 0 Å². The molecule has 0 aromatic carbocycles. The maximum atomic E-state index is 6.43. The van der Waals surface area contributed by atoms with Crippen LogP contribution in [0.4, 0.5) is 5.82 Å². The Morgan fingerprint density at radius 1 is 1.33 bits per heavy atom. The molecule has 0 bridgehead atoms. The quantitative estimate of drug-likeness (QED) is 0.877. The monoisotopic (exact) mass is 309 g/mol. The Hall–Kier alpha value is -0.840. The normalized spacial score (nSPS) is 20.0. The second-order valence-corrected chi connectivity index (χ2v) is 6.60. The second kappa shape index (κ2) is 6.95. The smallest absolute Gasteiger partial charge is 0.147 e. The lowest BCUT2D eigenvalue weighted by Crippen LogP contribution is -2.35. The highest BCUT2D eigenvalue weighted by atomic mass is 35.5. The lowest BCUT2D eigenvalue weighted by molar-refractivity contribution is 0.139. The van der Waals surface area contributed by atoms with Gasteiger partial charge in [0, 0.05) is 45.6 Å². The number of nitrogens with one attached hydrogen (secondary N) is 1. The number of anilines is 1. The van der Waals surface area contributed by atoms with Crippen molar-refractivity contribution < 1.29 is 4.74 Å². The van der Waals surface area contributed by atoms with Crippen LogP contribution >= 0.6 is 11.6 Å². The molecule has 0 atom stereocenters. The van der Waals surface area contributed by atoms with E-state index in [-0.39, 0.29) is 0 Å². The fourth-order valence-corrected chi connectivity index (χ4v) is 3.20. The van der Waals surface area contributed by atoms with Crippen molar-refractivity contribution in [2.45, 2.75) is 38.3 Å². The van der Waals surface area contributed by atoms with Crippen LogP contribution in [0.25, 0.3) is 0 Å². The Labute approximate surface area is 131 Å². The number of rotatable bonds is 6. The number of halogens is 1. The number of piperidine rings is 1. The van der Waals surface area contributed by atoms with E-state index >= 15 is 0 Å². The molecule has 3 rings (SSSR count). The van der Waals surface area contributed by atoms with Crippen LogP contribution < -0.4 is 10.2 Å². The average Bonchev–Trinajstić information content (AvgIpc) is 3.31. The Kier molecular flexibility index (Phi) is 4.99. The Morgan fingerprint density at radius 2 is 2.10 bits per heavy atom. The zero-order valence-corrected chi connectivity index (χ0v) is 13.4. The Morgan fingerprint density at radius 3 is 2.71 bits per heavy atom. The fourth-order valence-electron chi connectivity index (χ4n) is 2.90. The van der Waals surface area contributed by atoms with Gasteiger partial charge in [-0.2, -0.15) is 0 Å². The average molecular weight is 310 g/mol. The summed E-state index contributed by atoms with van der Waals surface area (Å²) in [4.78, 5) is 6.89. The van der Waals surface area contributed by atoms with Crippen LogP contribution in [0.15, 0.2) is 12.3 Å². The molecule has 0 radical (unpaired) electrons. The molecule has 1 saturated heterocycles. The summed E-state index contributed by atoms with van der Waals surface area (Å²) in [7, 11) is 1.78. The molecule has 0 amide bonds. The van der Waals surface area contributed by atoms with Crippen molar-refractivity contribution in [1.82, 2.24) is 10.3 Å². The summed E-state index contributed by atoms with van der Waals surface area (Å²) < 4.78 is 5.25. The van der Waals surface area contributed by atoms with E-state index in [0.29, 0.717) is 12.0 Å². The molecule has 1 N–H and O–H groups in total. The molecule has 1 aromatic heterocycles. The van der Waals surface area contributed by atoms with Crippen molar-refractivity contribution >= 4 is 17.4 Å². The summed E-state index contributed by atoms with van der Waals surface area (Å²) in [5.41, 5.74) is 1.17. The molecule has 0 spiro atoms. The van der Waals surface area contributed by atoms with E-state index in [0.717, 1.165) is 49.9 Å². The first kappa shape index (κ1) is 15.1. The summed E-state index contributed by atoms with van der Waals surface area (Å²) in [6, 6.07) is 2.77. The van der Waals surface area contributed by atoms with E-state index in [1.54, 1.807) is 7.11 Å². The second-order valence-electron chi connectivity index (χ2n) is 6.19. The summed E-state index contributed by atoms with van der Waals surface area (Å²) >= 11 is 6.43. The van der Waals surface area contributed by atoms with E-state index < -0.39 is 0 Å². The first-order valence-corrected chi connectivity index (χ1v) is 8.25.